The molecule has 0 aliphatic heterocycles. The quantitative estimate of drug-likeness (QED) is 0.0859. The molecular formula is C34H64N+. The number of rotatable bonds is 27. The zero-order valence-electron chi connectivity index (χ0n) is 24.3. The van der Waals surface area contributed by atoms with Crippen molar-refractivity contribution in [2.24, 2.45) is 0 Å². The van der Waals surface area contributed by atoms with Gasteiger partial charge in [-0.15, -0.1) is 0 Å². The highest BCUT2D eigenvalue weighted by atomic mass is 14.9. The van der Waals surface area contributed by atoms with Crippen molar-refractivity contribution in [3.63, 3.8) is 0 Å². The summed E-state index contributed by atoms with van der Waals surface area (Å²) in [6.07, 6.45) is 41.8. The summed E-state index contributed by atoms with van der Waals surface area (Å²) in [5.41, 5.74) is 1.54. The fourth-order valence-corrected chi connectivity index (χ4v) is 5.35. The molecule has 0 atom stereocenters. The standard InChI is InChI=1S/C34H64N/c1-3-5-7-9-11-13-14-15-16-17-18-19-20-21-22-24-26-29-34-30-28-32-35(33-34)31-27-25-23-12-10-8-6-4-2/h28,30,32-33H,3-27,29,31H2,1-2H3/q+1. The lowest BCUT2D eigenvalue weighted by Gasteiger charge is -2.04. The molecule has 0 saturated heterocycles. The molecule has 0 fully saturated rings. The Hall–Kier alpha value is -0.850. The van der Waals surface area contributed by atoms with Gasteiger partial charge in [0.1, 0.15) is 6.54 Å². The lowest BCUT2D eigenvalue weighted by atomic mass is 10.0. The van der Waals surface area contributed by atoms with E-state index in [1.165, 1.54) is 179 Å². The van der Waals surface area contributed by atoms with Crippen LogP contribution in [-0.4, -0.2) is 0 Å². The topological polar surface area (TPSA) is 3.88 Å². The highest BCUT2D eigenvalue weighted by Gasteiger charge is 2.03. The van der Waals surface area contributed by atoms with E-state index in [9.17, 15) is 0 Å². The Balaban J connectivity index is 1.87. The molecule has 0 amide bonds. The molecule has 0 bridgehead atoms. The molecule has 204 valence electrons. The summed E-state index contributed by atoms with van der Waals surface area (Å²) < 4.78 is 2.43. The zero-order valence-corrected chi connectivity index (χ0v) is 24.3. The fourth-order valence-electron chi connectivity index (χ4n) is 5.35. The lowest BCUT2D eigenvalue weighted by Crippen LogP contribution is -2.33. The van der Waals surface area contributed by atoms with E-state index >= 15 is 0 Å². The van der Waals surface area contributed by atoms with Gasteiger partial charge in [0, 0.05) is 18.1 Å². The summed E-state index contributed by atoms with van der Waals surface area (Å²) in [5.74, 6) is 0. The minimum absolute atomic E-state index is 1.20. The van der Waals surface area contributed by atoms with E-state index in [0.717, 1.165) is 0 Å². The van der Waals surface area contributed by atoms with Gasteiger partial charge in [-0.05, 0) is 25.3 Å². The minimum Gasteiger partial charge on any atom is -0.205 e. The Morgan fingerprint density at radius 1 is 0.457 bits per heavy atom. The van der Waals surface area contributed by atoms with Gasteiger partial charge < -0.3 is 0 Å². The molecule has 1 heterocycles. The van der Waals surface area contributed by atoms with Crippen molar-refractivity contribution in [2.45, 2.75) is 187 Å². The van der Waals surface area contributed by atoms with Gasteiger partial charge in [-0.2, -0.15) is 0 Å². The van der Waals surface area contributed by atoms with E-state index in [4.69, 9.17) is 0 Å². The van der Waals surface area contributed by atoms with Crippen LogP contribution in [0.1, 0.15) is 180 Å². The van der Waals surface area contributed by atoms with Crippen LogP contribution in [0.4, 0.5) is 0 Å². The molecule has 0 unspecified atom stereocenters. The van der Waals surface area contributed by atoms with Crippen molar-refractivity contribution in [1.29, 1.82) is 0 Å². The summed E-state index contributed by atoms with van der Waals surface area (Å²) in [6.45, 7) is 5.80. The Bertz CT molecular complexity index is 537. The second-order valence-corrected chi connectivity index (χ2v) is 11.3. The van der Waals surface area contributed by atoms with Crippen molar-refractivity contribution in [2.75, 3.05) is 0 Å². The van der Waals surface area contributed by atoms with E-state index in [1.807, 2.05) is 0 Å². The molecule has 35 heavy (non-hydrogen) atoms. The molecule has 0 saturated carbocycles. The van der Waals surface area contributed by atoms with Crippen LogP contribution >= 0.6 is 0 Å². The van der Waals surface area contributed by atoms with Crippen LogP contribution in [0, 0.1) is 0 Å². The highest BCUT2D eigenvalue weighted by molar-refractivity contribution is 5.05. The molecule has 1 rings (SSSR count). The van der Waals surface area contributed by atoms with E-state index < -0.39 is 0 Å². The number of hydrogen-bond donors (Lipinski definition) is 0. The van der Waals surface area contributed by atoms with Crippen molar-refractivity contribution < 1.29 is 4.57 Å². The highest BCUT2D eigenvalue weighted by Crippen LogP contribution is 2.15. The molecule has 1 nitrogen and oxygen atoms in total. The lowest BCUT2D eigenvalue weighted by molar-refractivity contribution is -0.697. The van der Waals surface area contributed by atoms with Gasteiger partial charge in [0.15, 0.2) is 12.4 Å². The molecule has 1 heteroatoms. The van der Waals surface area contributed by atoms with Crippen LogP contribution in [0.2, 0.25) is 0 Å². The summed E-state index contributed by atoms with van der Waals surface area (Å²) in [4.78, 5) is 0. The zero-order chi connectivity index (χ0) is 25.1. The number of aromatic nitrogens is 1. The number of aryl methyl sites for hydroxylation is 2. The maximum absolute atomic E-state index is 2.43. The largest absolute Gasteiger partial charge is 0.205 e. The molecule has 1 aromatic heterocycles. The minimum atomic E-state index is 1.20. The third kappa shape index (κ3) is 22.1. The van der Waals surface area contributed by atoms with Gasteiger partial charge in [0.2, 0.25) is 0 Å². The molecule has 0 spiro atoms. The average molecular weight is 487 g/mol. The van der Waals surface area contributed by atoms with Crippen LogP contribution in [0.3, 0.4) is 0 Å². The molecule has 1 aromatic rings. The Morgan fingerprint density at radius 3 is 1.26 bits per heavy atom. The maximum atomic E-state index is 2.43. The van der Waals surface area contributed by atoms with Crippen LogP contribution < -0.4 is 4.57 Å². The third-order valence-electron chi connectivity index (χ3n) is 7.76. The first-order valence-corrected chi connectivity index (χ1v) is 16.3. The monoisotopic (exact) mass is 487 g/mol. The maximum Gasteiger partial charge on any atom is 0.171 e. The molecular weight excluding hydrogens is 422 g/mol. The second-order valence-electron chi connectivity index (χ2n) is 11.3. The summed E-state index contributed by atoms with van der Waals surface area (Å²) in [5, 5.41) is 0. The number of pyridine rings is 1. The smallest absolute Gasteiger partial charge is 0.171 e. The first-order valence-electron chi connectivity index (χ1n) is 16.3. The molecule has 0 aliphatic carbocycles. The van der Waals surface area contributed by atoms with Gasteiger partial charge in [0.25, 0.3) is 0 Å². The van der Waals surface area contributed by atoms with E-state index in [2.05, 4.69) is 42.9 Å². The molecule has 0 aliphatic rings. The number of unbranched alkanes of at least 4 members (excludes halogenated alkanes) is 23. The number of nitrogens with zero attached hydrogens (tertiary/aromatic N) is 1. The van der Waals surface area contributed by atoms with Crippen molar-refractivity contribution in [1.82, 2.24) is 0 Å². The van der Waals surface area contributed by atoms with Crippen molar-refractivity contribution in [3.05, 3.63) is 30.1 Å². The normalized spacial score (nSPS) is 11.4. The molecule has 0 aromatic carbocycles. The average Bonchev–Trinajstić information content (AvgIpc) is 2.88. The van der Waals surface area contributed by atoms with Crippen LogP contribution in [0.5, 0.6) is 0 Å². The summed E-state index contributed by atoms with van der Waals surface area (Å²) >= 11 is 0. The number of hydrogen-bond acceptors (Lipinski definition) is 0. The van der Waals surface area contributed by atoms with Crippen LogP contribution in [0.15, 0.2) is 24.5 Å². The van der Waals surface area contributed by atoms with Gasteiger partial charge in [0.05, 0.1) is 0 Å². The third-order valence-corrected chi connectivity index (χ3v) is 7.76. The Kier molecular flexibility index (Phi) is 24.1. The summed E-state index contributed by atoms with van der Waals surface area (Å²) in [6, 6.07) is 4.59. The van der Waals surface area contributed by atoms with Crippen LogP contribution in [0.25, 0.3) is 0 Å². The van der Waals surface area contributed by atoms with Crippen molar-refractivity contribution in [3.8, 4) is 0 Å². The predicted octanol–water partition coefficient (Wildman–Crippen LogP) is 11.3. The first-order chi connectivity index (χ1) is 17.4. The second kappa shape index (κ2) is 26.2. The van der Waals surface area contributed by atoms with Crippen LogP contribution in [-0.2, 0) is 13.0 Å². The van der Waals surface area contributed by atoms with Crippen molar-refractivity contribution >= 4 is 0 Å². The fraction of sp³-hybridized carbons (Fsp3) is 0.853. The molecule has 0 radical (unpaired) electrons. The Morgan fingerprint density at radius 2 is 0.829 bits per heavy atom. The Labute approximate surface area is 221 Å². The van der Waals surface area contributed by atoms with E-state index in [-0.39, 0.29) is 0 Å². The van der Waals surface area contributed by atoms with Gasteiger partial charge in [-0.1, -0.05) is 155 Å². The van der Waals surface area contributed by atoms with Gasteiger partial charge in [-0.25, -0.2) is 4.57 Å². The predicted molar refractivity (Wildman–Crippen MR) is 157 cm³/mol. The van der Waals surface area contributed by atoms with Gasteiger partial charge in [-0.3, -0.25) is 0 Å². The van der Waals surface area contributed by atoms with E-state index in [1.54, 1.807) is 0 Å². The van der Waals surface area contributed by atoms with E-state index in [0.29, 0.717) is 0 Å². The first kappa shape index (κ1) is 32.2. The summed E-state index contributed by atoms with van der Waals surface area (Å²) in [7, 11) is 0. The van der Waals surface area contributed by atoms with Gasteiger partial charge >= 0.3 is 0 Å². The molecule has 0 N–H and O–H groups in total. The SMILES string of the molecule is CCCCCCCCCCCCCCCCCCCc1ccc[n+](CCCCCCCCCC)c1.